The zero-order chi connectivity index (χ0) is 21.4. The van der Waals surface area contributed by atoms with Crippen LogP contribution < -0.4 is 4.74 Å². The molecule has 0 saturated carbocycles. The molecule has 0 amide bonds. The van der Waals surface area contributed by atoms with Crippen molar-refractivity contribution in [3.63, 3.8) is 0 Å². The zero-order valence-corrected chi connectivity index (χ0v) is 18.4. The molecule has 4 N–H and O–H groups in total. The highest BCUT2D eigenvalue weighted by Gasteiger charge is 2.24. The van der Waals surface area contributed by atoms with Gasteiger partial charge in [-0.2, -0.15) is 0 Å². The van der Waals surface area contributed by atoms with Crippen molar-refractivity contribution in [1.82, 2.24) is 4.98 Å². The molecule has 0 fully saturated rings. The molecule has 0 aliphatic carbocycles. The molecule has 0 spiro atoms. The predicted octanol–water partition coefficient (Wildman–Crippen LogP) is 3.24. The number of nitrogens with zero attached hydrogens (tertiary/aromatic N) is 1. The summed E-state index contributed by atoms with van der Waals surface area (Å²) in [5.41, 5.74) is 2.48. The van der Waals surface area contributed by atoms with Gasteiger partial charge in [0.25, 0.3) is 0 Å². The number of halogens is 1. The molecule has 2 rings (SSSR count). The van der Waals surface area contributed by atoms with Gasteiger partial charge in [0.2, 0.25) is 0 Å². The quantitative estimate of drug-likeness (QED) is 0.289. The van der Waals surface area contributed by atoms with E-state index >= 15 is 0 Å². The summed E-state index contributed by atoms with van der Waals surface area (Å²) in [5.74, 6) is -0.159. The molecule has 7 heteroatoms. The van der Waals surface area contributed by atoms with E-state index in [1.165, 1.54) is 13.2 Å². The van der Waals surface area contributed by atoms with Crippen LogP contribution in [0.2, 0.25) is 0 Å². The molecule has 0 aliphatic rings. The highest BCUT2D eigenvalue weighted by atomic mass is 127. The van der Waals surface area contributed by atoms with Gasteiger partial charge in [-0.15, -0.1) is 6.58 Å². The van der Waals surface area contributed by atoms with Crippen LogP contribution in [0.3, 0.4) is 0 Å². The average Bonchev–Trinajstić information content (AvgIpc) is 2.74. The first-order chi connectivity index (χ1) is 13.9. The van der Waals surface area contributed by atoms with Crippen LogP contribution in [0.25, 0.3) is 11.6 Å². The summed E-state index contributed by atoms with van der Waals surface area (Å²) < 4.78 is 5.89. The van der Waals surface area contributed by atoms with Gasteiger partial charge in [0.05, 0.1) is 35.2 Å². The summed E-state index contributed by atoms with van der Waals surface area (Å²) in [4.78, 5) is 4.41. The Morgan fingerprint density at radius 3 is 2.62 bits per heavy atom. The van der Waals surface area contributed by atoms with E-state index in [2.05, 4.69) is 11.6 Å². The Morgan fingerprint density at radius 2 is 2.03 bits per heavy atom. The number of ether oxygens (including phenoxy) is 1. The first kappa shape index (κ1) is 23.3. The second kappa shape index (κ2) is 11.3. The molecule has 29 heavy (non-hydrogen) atoms. The lowest BCUT2D eigenvalue weighted by molar-refractivity contribution is 0.00256. The third kappa shape index (κ3) is 6.27. The molecule has 2 aromatic rings. The SMILES string of the molecule is C=C[C@@H]([C@H](O)CO)[C@H](O)CC/C(=C/c1cc(I)c(O)c(OC)c1)c1ccccn1. The zero-order valence-electron chi connectivity index (χ0n) is 16.2. The minimum atomic E-state index is -1.06. The van der Waals surface area contributed by atoms with Crippen molar-refractivity contribution in [1.29, 1.82) is 0 Å². The summed E-state index contributed by atoms with van der Waals surface area (Å²) in [6.45, 7) is 3.20. The van der Waals surface area contributed by atoms with Crippen LogP contribution in [0.5, 0.6) is 11.5 Å². The number of allylic oxidation sites excluding steroid dienone is 1. The largest absolute Gasteiger partial charge is 0.504 e. The lowest BCUT2D eigenvalue weighted by Crippen LogP contribution is -2.32. The predicted molar refractivity (Wildman–Crippen MR) is 122 cm³/mol. The van der Waals surface area contributed by atoms with E-state index in [9.17, 15) is 15.3 Å². The van der Waals surface area contributed by atoms with Gasteiger partial charge in [0.1, 0.15) is 0 Å². The van der Waals surface area contributed by atoms with Crippen LogP contribution in [0.4, 0.5) is 0 Å². The van der Waals surface area contributed by atoms with Crippen molar-refractivity contribution in [2.75, 3.05) is 13.7 Å². The van der Waals surface area contributed by atoms with Crippen molar-refractivity contribution in [3.8, 4) is 11.5 Å². The number of pyridine rings is 1. The molecule has 1 heterocycles. The monoisotopic (exact) mass is 511 g/mol. The number of aromatic hydroxyl groups is 1. The molecular weight excluding hydrogens is 485 g/mol. The number of phenols is 1. The molecule has 156 valence electrons. The van der Waals surface area contributed by atoms with E-state index in [0.29, 0.717) is 22.2 Å². The normalized spacial score (nSPS) is 14.9. The molecule has 0 aliphatic heterocycles. The first-order valence-corrected chi connectivity index (χ1v) is 10.3. The highest BCUT2D eigenvalue weighted by molar-refractivity contribution is 14.1. The maximum Gasteiger partial charge on any atom is 0.171 e. The van der Waals surface area contributed by atoms with Crippen LogP contribution in [0.15, 0.2) is 49.2 Å². The summed E-state index contributed by atoms with van der Waals surface area (Å²) in [5, 5.41) is 39.6. The minimum absolute atomic E-state index is 0.0897. The smallest absolute Gasteiger partial charge is 0.171 e. The summed E-state index contributed by atoms with van der Waals surface area (Å²) in [7, 11) is 1.50. The fourth-order valence-electron chi connectivity index (χ4n) is 3.05. The summed E-state index contributed by atoms with van der Waals surface area (Å²) in [6, 6.07) is 9.16. The minimum Gasteiger partial charge on any atom is -0.504 e. The Morgan fingerprint density at radius 1 is 1.28 bits per heavy atom. The number of hydrogen-bond acceptors (Lipinski definition) is 6. The number of rotatable bonds is 10. The topological polar surface area (TPSA) is 103 Å². The van der Waals surface area contributed by atoms with E-state index in [0.717, 1.165) is 16.8 Å². The van der Waals surface area contributed by atoms with Crippen LogP contribution >= 0.6 is 22.6 Å². The third-order valence-corrected chi connectivity index (χ3v) is 5.49. The molecule has 0 radical (unpaired) electrons. The summed E-state index contributed by atoms with van der Waals surface area (Å²) in [6.07, 6.45) is 4.00. The van der Waals surface area contributed by atoms with Crippen LogP contribution in [0, 0.1) is 9.49 Å². The van der Waals surface area contributed by atoms with Crippen molar-refractivity contribution in [3.05, 3.63) is 64.0 Å². The standard InChI is InChI=1S/C22H26INO5/c1-3-16(20(27)13-25)19(26)8-7-15(18-6-4-5-9-24-18)10-14-11-17(23)22(28)21(12-14)29-2/h3-6,9-12,16,19-20,25-28H,1,7-8,13H2,2H3/b15-10-/t16-,19-,20-/m1/s1. The van der Waals surface area contributed by atoms with Crippen molar-refractivity contribution >= 4 is 34.2 Å². The first-order valence-electron chi connectivity index (χ1n) is 9.19. The summed E-state index contributed by atoms with van der Waals surface area (Å²) >= 11 is 2.04. The van der Waals surface area contributed by atoms with E-state index < -0.39 is 24.7 Å². The lowest BCUT2D eigenvalue weighted by atomic mass is 9.91. The Bertz CT molecular complexity index is 841. The molecule has 3 atom stereocenters. The van der Waals surface area contributed by atoms with E-state index in [1.807, 2.05) is 52.9 Å². The molecule has 1 aromatic carbocycles. The van der Waals surface area contributed by atoms with Crippen molar-refractivity contribution in [2.24, 2.45) is 5.92 Å². The number of benzene rings is 1. The Balaban J connectivity index is 2.33. The maximum absolute atomic E-state index is 10.5. The third-order valence-electron chi connectivity index (χ3n) is 4.66. The van der Waals surface area contributed by atoms with E-state index in [4.69, 9.17) is 9.84 Å². The Kier molecular flexibility index (Phi) is 9.09. The second-order valence-corrected chi connectivity index (χ2v) is 7.77. The molecular formula is C22H26INO5. The van der Waals surface area contributed by atoms with Crippen LogP contribution in [-0.4, -0.2) is 51.3 Å². The van der Waals surface area contributed by atoms with Gasteiger partial charge >= 0.3 is 0 Å². The highest BCUT2D eigenvalue weighted by Crippen LogP contribution is 2.34. The number of aliphatic hydroxyl groups is 3. The number of methoxy groups -OCH3 is 1. The van der Waals surface area contributed by atoms with E-state index in [1.54, 1.807) is 12.3 Å². The van der Waals surface area contributed by atoms with Gasteiger partial charge in [-0.3, -0.25) is 4.98 Å². The molecule has 1 aromatic heterocycles. The molecule has 0 bridgehead atoms. The van der Waals surface area contributed by atoms with Gasteiger partial charge in [-0.1, -0.05) is 12.1 Å². The maximum atomic E-state index is 10.5. The molecule has 0 saturated heterocycles. The van der Waals surface area contributed by atoms with Gasteiger partial charge < -0.3 is 25.2 Å². The molecule has 6 nitrogen and oxygen atoms in total. The van der Waals surface area contributed by atoms with Crippen molar-refractivity contribution in [2.45, 2.75) is 25.0 Å². The Hall–Kier alpha value is -1.94. The fraction of sp³-hybridized carbons (Fsp3) is 0.318. The van der Waals surface area contributed by atoms with Gasteiger partial charge in [0.15, 0.2) is 11.5 Å². The van der Waals surface area contributed by atoms with E-state index in [-0.39, 0.29) is 5.75 Å². The number of hydrogen-bond donors (Lipinski definition) is 4. The lowest BCUT2D eigenvalue weighted by Gasteiger charge is -2.23. The average molecular weight is 511 g/mol. The van der Waals surface area contributed by atoms with Crippen LogP contribution in [-0.2, 0) is 0 Å². The van der Waals surface area contributed by atoms with Crippen molar-refractivity contribution < 1.29 is 25.2 Å². The fourth-order valence-corrected chi connectivity index (χ4v) is 3.67. The van der Waals surface area contributed by atoms with Crippen LogP contribution in [0.1, 0.15) is 24.1 Å². The van der Waals surface area contributed by atoms with Gasteiger partial charge in [-0.05, 0) is 76.9 Å². The van der Waals surface area contributed by atoms with Gasteiger partial charge in [0, 0.05) is 12.1 Å². The Labute approximate surface area is 184 Å². The molecule has 0 unspecified atom stereocenters. The second-order valence-electron chi connectivity index (χ2n) is 6.61. The number of phenolic OH excluding ortho intramolecular Hbond substituents is 1. The number of aliphatic hydroxyl groups excluding tert-OH is 3. The van der Waals surface area contributed by atoms with Gasteiger partial charge in [-0.25, -0.2) is 0 Å². The number of aromatic nitrogens is 1.